The third-order valence-electron chi connectivity index (χ3n) is 1.62. The van der Waals surface area contributed by atoms with Crippen LogP contribution in [0.3, 0.4) is 0 Å². The molecule has 0 aliphatic carbocycles. The van der Waals surface area contributed by atoms with Gasteiger partial charge in [0.15, 0.2) is 0 Å². The Hall–Kier alpha value is -1.62. The van der Waals surface area contributed by atoms with Crippen LogP contribution in [0.2, 0.25) is 0 Å². The van der Waals surface area contributed by atoms with Crippen molar-refractivity contribution in [3.63, 3.8) is 0 Å². The lowest BCUT2D eigenvalue weighted by Crippen LogP contribution is -2.34. The maximum Gasteiger partial charge on any atom is 0.320 e. The van der Waals surface area contributed by atoms with Crippen molar-refractivity contribution in [3.8, 4) is 0 Å². The van der Waals surface area contributed by atoms with Crippen LogP contribution in [0.15, 0.2) is 24.5 Å². The van der Waals surface area contributed by atoms with E-state index in [1.165, 1.54) is 12.4 Å². The van der Waals surface area contributed by atoms with E-state index in [-0.39, 0.29) is 6.42 Å². The Morgan fingerprint density at radius 3 is 2.92 bits per heavy atom. The number of aromatic nitrogens is 1. The zero-order valence-electron chi connectivity index (χ0n) is 6.92. The molecule has 1 heterocycles. The molecule has 0 saturated heterocycles. The SMILES string of the molecule is N[C@@H](Cc1ccc[n+](O)c1)C(=O)O. The van der Waals surface area contributed by atoms with Gasteiger partial charge < -0.3 is 10.8 Å². The molecule has 0 aromatic carbocycles. The van der Waals surface area contributed by atoms with E-state index in [4.69, 9.17) is 16.0 Å². The fourth-order valence-corrected chi connectivity index (χ4v) is 0.973. The fraction of sp³-hybridized carbons (Fsp3) is 0.250. The number of aliphatic carboxylic acids is 1. The molecule has 1 aromatic heterocycles. The summed E-state index contributed by atoms with van der Waals surface area (Å²) in [6, 6.07) is 2.39. The molecular formula is C8H11N2O3+. The van der Waals surface area contributed by atoms with Crippen LogP contribution >= 0.6 is 0 Å². The summed E-state index contributed by atoms with van der Waals surface area (Å²) >= 11 is 0. The van der Waals surface area contributed by atoms with Crippen LogP contribution in [0.5, 0.6) is 0 Å². The van der Waals surface area contributed by atoms with Gasteiger partial charge in [-0.05, 0) is 6.07 Å². The van der Waals surface area contributed by atoms with Crippen LogP contribution in [0, 0.1) is 0 Å². The maximum absolute atomic E-state index is 10.4. The van der Waals surface area contributed by atoms with Crippen LogP contribution in [0.4, 0.5) is 0 Å². The summed E-state index contributed by atoms with van der Waals surface area (Å²) in [4.78, 5) is 10.4. The van der Waals surface area contributed by atoms with Gasteiger partial charge in [0.2, 0.25) is 12.4 Å². The Labute approximate surface area is 75.0 Å². The molecule has 0 aliphatic rings. The molecule has 5 heteroatoms. The van der Waals surface area contributed by atoms with Crippen molar-refractivity contribution in [2.45, 2.75) is 12.5 Å². The second-order valence-electron chi connectivity index (χ2n) is 2.74. The van der Waals surface area contributed by atoms with Gasteiger partial charge in [0, 0.05) is 22.8 Å². The van der Waals surface area contributed by atoms with Crippen molar-refractivity contribution in [1.82, 2.24) is 0 Å². The minimum atomic E-state index is -1.05. The Morgan fingerprint density at radius 1 is 1.69 bits per heavy atom. The third-order valence-corrected chi connectivity index (χ3v) is 1.62. The molecule has 13 heavy (non-hydrogen) atoms. The Bertz CT molecular complexity index is 314. The van der Waals surface area contributed by atoms with Crippen LogP contribution in [0.1, 0.15) is 5.56 Å². The average Bonchev–Trinajstić information content (AvgIpc) is 2.04. The van der Waals surface area contributed by atoms with E-state index in [1.807, 2.05) is 0 Å². The first-order chi connectivity index (χ1) is 6.09. The molecule has 0 bridgehead atoms. The van der Waals surface area contributed by atoms with Gasteiger partial charge in [0.1, 0.15) is 6.04 Å². The average molecular weight is 183 g/mol. The monoisotopic (exact) mass is 183 g/mol. The Balaban J connectivity index is 2.69. The summed E-state index contributed by atoms with van der Waals surface area (Å²) < 4.78 is 0.865. The van der Waals surface area contributed by atoms with Gasteiger partial charge in [-0.1, -0.05) is 0 Å². The molecule has 0 spiro atoms. The number of pyridine rings is 1. The van der Waals surface area contributed by atoms with Crippen molar-refractivity contribution in [2.75, 3.05) is 0 Å². The van der Waals surface area contributed by atoms with Gasteiger partial charge in [0.05, 0.1) is 0 Å². The number of carboxylic acid groups (broad SMARTS) is 1. The molecule has 5 nitrogen and oxygen atoms in total. The second kappa shape index (κ2) is 3.86. The van der Waals surface area contributed by atoms with Crippen LogP contribution in [-0.4, -0.2) is 22.3 Å². The highest BCUT2D eigenvalue weighted by molar-refractivity contribution is 5.73. The lowest BCUT2D eigenvalue weighted by molar-refractivity contribution is -0.905. The van der Waals surface area contributed by atoms with Crippen LogP contribution < -0.4 is 10.5 Å². The summed E-state index contributed by atoms with van der Waals surface area (Å²) in [5, 5.41) is 17.5. The van der Waals surface area contributed by atoms with E-state index >= 15 is 0 Å². The number of carbonyl (C=O) groups is 1. The van der Waals surface area contributed by atoms with Gasteiger partial charge in [-0.15, -0.1) is 0 Å². The quantitative estimate of drug-likeness (QED) is 0.421. The van der Waals surface area contributed by atoms with Gasteiger partial charge in [-0.3, -0.25) is 10.0 Å². The smallest absolute Gasteiger partial charge is 0.320 e. The lowest BCUT2D eigenvalue weighted by Gasteiger charge is -2.03. The number of nitrogens with zero attached hydrogens (tertiary/aromatic N) is 1. The highest BCUT2D eigenvalue weighted by Crippen LogP contribution is 1.98. The van der Waals surface area contributed by atoms with E-state index in [0.717, 1.165) is 4.73 Å². The molecule has 1 rings (SSSR count). The highest BCUT2D eigenvalue weighted by atomic mass is 16.5. The van der Waals surface area contributed by atoms with Crippen LogP contribution in [0.25, 0.3) is 0 Å². The van der Waals surface area contributed by atoms with Crippen molar-refractivity contribution < 1.29 is 19.8 Å². The van der Waals surface area contributed by atoms with E-state index in [2.05, 4.69) is 0 Å². The largest absolute Gasteiger partial charge is 0.480 e. The molecular weight excluding hydrogens is 172 g/mol. The van der Waals surface area contributed by atoms with E-state index in [1.54, 1.807) is 12.1 Å². The third kappa shape index (κ3) is 2.72. The van der Waals surface area contributed by atoms with Crippen molar-refractivity contribution in [1.29, 1.82) is 0 Å². The van der Waals surface area contributed by atoms with Crippen LogP contribution in [-0.2, 0) is 11.2 Å². The molecule has 1 atom stereocenters. The van der Waals surface area contributed by atoms with Gasteiger partial charge >= 0.3 is 5.97 Å². The van der Waals surface area contributed by atoms with Gasteiger partial charge in [0.25, 0.3) is 0 Å². The van der Waals surface area contributed by atoms with Gasteiger partial charge in [-0.25, -0.2) is 0 Å². The van der Waals surface area contributed by atoms with Gasteiger partial charge in [-0.2, -0.15) is 0 Å². The number of rotatable bonds is 3. The zero-order chi connectivity index (χ0) is 9.84. The molecule has 1 aromatic rings. The molecule has 0 amide bonds. The van der Waals surface area contributed by atoms with E-state index in [0.29, 0.717) is 5.56 Å². The lowest BCUT2D eigenvalue weighted by atomic mass is 10.1. The summed E-state index contributed by atoms with van der Waals surface area (Å²) in [5.41, 5.74) is 5.99. The standard InChI is InChI=1S/C8H10N2O3/c9-7(8(11)12)4-6-2-1-3-10(13)5-6/h1-3,5,7H,4,9H2,(H-,11,12,13)/p+1/t7-/m0/s1. The molecule has 0 radical (unpaired) electrons. The zero-order valence-corrected chi connectivity index (χ0v) is 6.92. The maximum atomic E-state index is 10.4. The molecule has 0 aliphatic heterocycles. The predicted molar refractivity (Wildman–Crippen MR) is 43.1 cm³/mol. The minimum Gasteiger partial charge on any atom is -0.480 e. The first-order valence-electron chi connectivity index (χ1n) is 3.77. The normalized spacial score (nSPS) is 12.4. The van der Waals surface area contributed by atoms with E-state index < -0.39 is 12.0 Å². The number of nitrogens with two attached hydrogens (primary N) is 1. The predicted octanol–water partition coefficient (Wildman–Crippen LogP) is -0.834. The Kier molecular flexibility index (Phi) is 2.81. The van der Waals surface area contributed by atoms with Crippen molar-refractivity contribution in [3.05, 3.63) is 30.1 Å². The molecule has 0 fully saturated rings. The molecule has 0 saturated carbocycles. The fourth-order valence-electron chi connectivity index (χ4n) is 0.973. The second-order valence-corrected chi connectivity index (χ2v) is 2.74. The van der Waals surface area contributed by atoms with E-state index in [9.17, 15) is 4.79 Å². The topological polar surface area (TPSA) is 87.4 Å². The number of hydrogen-bond acceptors (Lipinski definition) is 3. The van der Waals surface area contributed by atoms with Crippen molar-refractivity contribution >= 4 is 5.97 Å². The van der Waals surface area contributed by atoms with Crippen molar-refractivity contribution in [2.24, 2.45) is 5.73 Å². The summed E-state index contributed by atoms with van der Waals surface area (Å²) in [6.07, 6.45) is 3.06. The molecule has 70 valence electrons. The molecule has 0 unspecified atom stereocenters. The first-order valence-corrected chi connectivity index (χ1v) is 3.77. The first kappa shape index (κ1) is 9.47. The molecule has 4 N–H and O–H groups in total. The number of hydrogen-bond donors (Lipinski definition) is 3. The summed E-state index contributed by atoms with van der Waals surface area (Å²) in [5.74, 6) is -1.05. The summed E-state index contributed by atoms with van der Waals surface area (Å²) in [6.45, 7) is 0. The minimum absolute atomic E-state index is 0.205. The summed E-state index contributed by atoms with van der Waals surface area (Å²) in [7, 11) is 0. The Morgan fingerprint density at radius 2 is 2.38 bits per heavy atom. The highest BCUT2D eigenvalue weighted by Gasteiger charge is 2.13. The number of carboxylic acids is 1.